The van der Waals surface area contributed by atoms with Crippen LogP contribution < -0.4 is 5.32 Å². The zero-order chi connectivity index (χ0) is 11.6. The summed E-state index contributed by atoms with van der Waals surface area (Å²) in [6, 6.07) is 0.506. The van der Waals surface area contributed by atoms with E-state index in [1.54, 1.807) is 16.8 Å². The SMILES string of the molecule is c1nnc(CNC2CCOC23CCCCC3)s1. The van der Waals surface area contributed by atoms with Crippen LogP contribution in [0.3, 0.4) is 0 Å². The van der Waals surface area contributed by atoms with Gasteiger partial charge in [0, 0.05) is 12.6 Å². The molecule has 0 radical (unpaired) electrons. The summed E-state index contributed by atoms with van der Waals surface area (Å²) < 4.78 is 6.07. The van der Waals surface area contributed by atoms with E-state index in [4.69, 9.17) is 4.74 Å². The lowest BCUT2D eigenvalue weighted by molar-refractivity contribution is -0.0389. The lowest BCUT2D eigenvalue weighted by atomic mass is 9.79. The van der Waals surface area contributed by atoms with Crippen molar-refractivity contribution in [3.63, 3.8) is 0 Å². The summed E-state index contributed by atoms with van der Waals surface area (Å²) in [4.78, 5) is 0. The lowest BCUT2D eigenvalue weighted by Crippen LogP contribution is -2.48. The first-order valence-electron chi connectivity index (χ1n) is 6.51. The molecular weight excluding hydrogens is 234 g/mol. The second-order valence-electron chi connectivity index (χ2n) is 5.03. The summed E-state index contributed by atoms with van der Waals surface area (Å²) in [5.74, 6) is 0. The van der Waals surface area contributed by atoms with Gasteiger partial charge in [0.25, 0.3) is 0 Å². The van der Waals surface area contributed by atoms with Gasteiger partial charge in [0.15, 0.2) is 0 Å². The summed E-state index contributed by atoms with van der Waals surface area (Å²) in [5.41, 5.74) is 1.92. The van der Waals surface area contributed by atoms with E-state index < -0.39 is 0 Å². The number of ether oxygens (including phenoxy) is 1. The molecule has 1 aliphatic heterocycles. The van der Waals surface area contributed by atoms with Crippen LogP contribution in [0.25, 0.3) is 0 Å². The minimum Gasteiger partial charge on any atom is -0.373 e. The zero-order valence-electron chi connectivity index (χ0n) is 10.0. The Labute approximate surface area is 106 Å². The predicted molar refractivity (Wildman–Crippen MR) is 66.9 cm³/mol. The van der Waals surface area contributed by atoms with Crippen LogP contribution in [0.2, 0.25) is 0 Å². The molecule has 3 rings (SSSR count). The van der Waals surface area contributed by atoms with Crippen molar-refractivity contribution in [3.05, 3.63) is 10.5 Å². The monoisotopic (exact) mass is 253 g/mol. The molecule has 1 aliphatic carbocycles. The van der Waals surface area contributed by atoms with Crippen molar-refractivity contribution < 1.29 is 4.74 Å². The highest BCUT2D eigenvalue weighted by Gasteiger charge is 2.44. The molecule has 1 atom stereocenters. The minimum absolute atomic E-state index is 0.128. The second kappa shape index (κ2) is 5.00. The third kappa shape index (κ3) is 2.37. The molecule has 2 aliphatic rings. The van der Waals surface area contributed by atoms with Crippen LogP contribution in [0.5, 0.6) is 0 Å². The van der Waals surface area contributed by atoms with Crippen LogP contribution in [-0.2, 0) is 11.3 Å². The van der Waals surface area contributed by atoms with Crippen LogP contribution in [-0.4, -0.2) is 28.4 Å². The van der Waals surface area contributed by atoms with E-state index in [-0.39, 0.29) is 5.60 Å². The average molecular weight is 253 g/mol. The molecule has 1 unspecified atom stereocenters. The summed E-state index contributed by atoms with van der Waals surface area (Å²) >= 11 is 1.62. The first kappa shape index (κ1) is 11.6. The predicted octanol–water partition coefficient (Wildman–Crippen LogP) is 2.12. The van der Waals surface area contributed by atoms with E-state index >= 15 is 0 Å². The number of rotatable bonds is 3. The highest BCUT2D eigenvalue weighted by atomic mass is 32.1. The molecule has 17 heavy (non-hydrogen) atoms. The van der Waals surface area contributed by atoms with Gasteiger partial charge in [-0.25, -0.2) is 0 Å². The first-order valence-corrected chi connectivity index (χ1v) is 7.39. The van der Waals surface area contributed by atoms with Gasteiger partial charge in [0.05, 0.1) is 12.1 Å². The van der Waals surface area contributed by atoms with E-state index in [1.165, 1.54) is 32.1 Å². The van der Waals surface area contributed by atoms with E-state index in [0.717, 1.165) is 24.6 Å². The van der Waals surface area contributed by atoms with Crippen LogP contribution in [0, 0.1) is 0 Å². The van der Waals surface area contributed by atoms with Gasteiger partial charge >= 0.3 is 0 Å². The number of hydrogen-bond donors (Lipinski definition) is 1. The topological polar surface area (TPSA) is 47.0 Å². The molecule has 0 bridgehead atoms. The Kier molecular flexibility index (Phi) is 3.40. The Morgan fingerprint density at radius 1 is 1.41 bits per heavy atom. The van der Waals surface area contributed by atoms with Crippen LogP contribution in [0.15, 0.2) is 5.51 Å². The Morgan fingerprint density at radius 2 is 2.29 bits per heavy atom. The molecule has 0 aromatic carbocycles. The number of nitrogens with zero attached hydrogens (tertiary/aromatic N) is 2. The molecule has 1 aromatic heterocycles. The third-order valence-corrected chi connectivity index (χ3v) is 4.73. The van der Waals surface area contributed by atoms with Gasteiger partial charge in [-0.1, -0.05) is 19.3 Å². The number of aromatic nitrogens is 2. The number of nitrogens with one attached hydrogen (secondary N) is 1. The van der Waals surface area contributed by atoms with Crippen LogP contribution >= 0.6 is 11.3 Å². The molecule has 94 valence electrons. The highest BCUT2D eigenvalue weighted by Crippen LogP contribution is 2.39. The molecule has 0 amide bonds. The molecular formula is C12H19N3OS. The Balaban J connectivity index is 1.61. The second-order valence-corrected chi connectivity index (χ2v) is 5.95. The molecule has 5 heteroatoms. The fourth-order valence-electron chi connectivity index (χ4n) is 3.16. The molecule has 1 N–H and O–H groups in total. The van der Waals surface area contributed by atoms with Crippen molar-refractivity contribution in [3.8, 4) is 0 Å². The van der Waals surface area contributed by atoms with Crippen molar-refractivity contribution >= 4 is 11.3 Å². The summed E-state index contributed by atoms with van der Waals surface area (Å²) in [6.45, 7) is 1.74. The van der Waals surface area contributed by atoms with Crippen LogP contribution in [0.1, 0.15) is 43.5 Å². The smallest absolute Gasteiger partial charge is 0.131 e. The normalized spacial score (nSPS) is 27.6. The van der Waals surface area contributed by atoms with Crippen molar-refractivity contribution in [1.82, 2.24) is 15.5 Å². The Morgan fingerprint density at radius 3 is 3.06 bits per heavy atom. The first-order chi connectivity index (χ1) is 8.39. The molecule has 2 fully saturated rings. The largest absolute Gasteiger partial charge is 0.373 e. The summed E-state index contributed by atoms with van der Waals surface area (Å²) in [7, 11) is 0. The Bertz CT molecular complexity index is 349. The third-order valence-electron chi connectivity index (χ3n) is 4.04. The van der Waals surface area contributed by atoms with Crippen LogP contribution in [0.4, 0.5) is 0 Å². The van der Waals surface area contributed by atoms with E-state index in [2.05, 4.69) is 15.5 Å². The quantitative estimate of drug-likeness (QED) is 0.896. The van der Waals surface area contributed by atoms with E-state index in [9.17, 15) is 0 Å². The van der Waals surface area contributed by atoms with Gasteiger partial charge < -0.3 is 10.1 Å². The Hall–Kier alpha value is -0.520. The zero-order valence-corrected chi connectivity index (χ0v) is 10.8. The summed E-state index contributed by atoms with van der Waals surface area (Å²) in [6.07, 6.45) is 7.59. The fourth-order valence-corrected chi connectivity index (χ4v) is 3.64. The molecule has 1 aromatic rings. The maximum Gasteiger partial charge on any atom is 0.131 e. The highest BCUT2D eigenvalue weighted by molar-refractivity contribution is 7.09. The average Bonchev–Trinajstić information content (AvgIpc) is 2.98. The van der Waals surface area contributed by atoms with Gasteiger partial charge in [-0.15, -0.1) is 21.5 Å². The van der Waals surface area contributed by atoms with Crippen molar-refractivity contribution in [2.45, 2.75) is 56.7 Å². The fraction of sp³-hybridized carbons (Fsp3) is 0.833. The molecule has 1 saturated heterocycles. The van der Waals surface area contributed by atoms with E-state index in [1.807, 2.05) is 0 Å². The molecule has 2 heterocycles. The maximum absolute atomic E-state index is 6.07. The van der Waals surface area contributed by atoms with Crippen molar-refractivity contribution in [2.24, 2.45) is 0 Å². The van der Waals surface area contributed by atoms with Gasteiger partial charge in [-0.3, -0.25) is 0 Å². The number of hydrogen-bond acceptors (Lipinski definition) is 5. The van der Waals surface area contributed by atoms with Crippen molar-refractivity contribution in [1.29, 1.82) is 0 Å². The van der Waals surface area contributed by atoms with Gasteiger partial charge in [-0.05, 0) is 19.3 Å². The van der Waals surface area contributed by atoms with E-state index in [0.29, 0.717) is 6.04 Å². The van der Waals surface area contributed by atoms with Gasteiger partial charge in [0.1, 0.15) is 10.5 Å². The van der Waals surface area contributed by atoms with Gasteiger partial charge in [-0.2, -0.15) is 0 Å². The lowest BCUT2D eigenvalue weighted by Gasteiger charge is -2.38. The maximum atomic E-state index is 6.07. The molecule has 1 saturated carbocycles. The minimum atomic E-state index is 0.128. The molecule has 1 spiro atoms. The van der Waals surface area contributed by atoms with Gasteiger partial charge in [0.2, 0.25) is 0 Å². The molecule has 4 nitrogen and oxygen atoms in total. The van der Waals surface area contributed by atoms with Crippen molar-refractivity contribution in [2.75, 3.05) is 6.61 Å². The summed E-state index contributed by atoms with van der Waals surface area (Å²) in [5, 5.41) is 12.6. The standard InChI is InChI=1S/C12H19N3OS/c1-2-5-12(6-3-1)10(4-7-16-12)13-8-11-15-14-9-17-11/h9-10,13H,1-8H2.